The summed E-state index contributed by atoms with van der Waals surface area (Å²) >= 11 is 11.2. The van der Waals surface area contributed by atoms with E-state index in [0.717, 1.165) is 27.2 Å². The zero-order chi connectivity index (χ0) is 12.3. The summed E-state index contributed by atoms with van der Waals surface area (Å²) in [6.45, 7) is 0. The van der Waals surface area contributed by atoms with Crippen LogP contribution in [0, 0.1) is 0 Å². The molecule has 1 unspecified atom stereocenters. The van der Waals surface area contributed by atoms with Crippen molar-refractivity contribution in [2.24, 2.45) is 0 Å². The van der Waals surface area contributed by atoms with E-state index >= 15 is 0 Å². The van der Waals surface area contributed by atoms with E-state index in [1.807, 2.05) is 30.8 Å². The van der Waals surface area contributed by atoms with E-state index in [2.05, 4.69) is 31.6 Å². The van der Waals surface area contributed by atoms with Gasteiger partial charge in [0.25, 0.3) is 0 Å². The summed E-state index contributed by atoms with van der Waals surface area (Å²) in [5.41, 5.74) is 4.04. The summed E-state index contributed by atoms with van der Waals surface area (Å²) < 4.78 is 1.00. The van der Waals surface area contributed by atoms with Crippen LogP contribution in [0.4, 0.5) is 0 Å². The average molecular weight is 332 g/mol. The van der Waals surface area contributed by atoms with Gasteiger partial charge in [0.2, 0.25) is 0 Å². The van der Waals surface area contributed by atoms with Crippen molar-refractivity contribution in [3.63, 3.8) is 0 Å². The number of rotatable bonds is 4. The Bertz CT molecular complexity index is 487. The number of nitrogens with zero attached hydrogens (tertiary/aromatic N) is 1. The summed E-state index contributed by atoms with van der Waals surface area (Å²) in [4.78, 5) is 4.33. The van der Waals surface area contributed by atoms with Gasteiger partial charge in [0.05, 0.1) is 17.2 Å². The maximum atomic E-state index is 6.22. The number of hydrogen-bond acceptors (Lipinski definition) is 3. The molecule has 0 saturated heterocycles. The zero-order valence-electron chi connectivity index (χ0n) is 9.28. The van der Waals surface area contributed by atoms with Crippen LogP contribution in [0.2, 0.25) is 5.02 Å². The molecule has 0 bridgehead atoms. The second-order valence-electron chi connectivity index (χ2n) is 3.69. The van der Waals surface area contributed by atoms with Crippen molar-refractivity contribution in [1.29, 1.82) is 0 Å². The van der Waals surface area contributed by atoms with Crippen molar-refractivity contribution in [1.82, 2.24) is 10.3 Å². The highest BCUT2D eigenvalue weighted by atomic mass is 79.9. The zero-order valence-corrected chi connectivity index (χ0v) is 12.4. The topological polar surface area (TPSA) is 24.9 Å². The van der Waals surface area contributed by atoms with Crippen molar-refractivity contribution in [2.75, 3.05) is 7.05 Å². The number of nitrogens with one attached hydrogen (secondary N) is 1. The molecule has 5 heteroatoms. The van der Waals surface area contributed by atoms with E-state index in [4.69, 9.17) is 11.6 Å². The third kappa shape index (κ3) is 3.28. The Morgan fingerprint density at radius 3 is 2.94 bits per heavy atom. The van der Waals surface area contributed by atoms with Crippen molar-refractivity contribution >= 4 is 38.9 Å². The van der Waals surface area contributed by atoms with Crippen LogP contribution < -0.4 is 5.32 Å². The lowest BCUT2D eigenvalue weighted by atomic mass is 10.0. The summed E-state index contributed by atoms with van der Waals surface area (Å²) in [6, 6.07) is 6.18. The number of benzene rings is 1. The van der Waals surface area contributed by atoms with Gasteiger partial charge in [0, 0.05) is 14.9 Å². The van der Waals surface area contributed by atoms with Crippen LogP contribution in [-0.2, 0) is 6.42 Å². The average Bonchev–Trinajstić information content (AvgIpc) is 2.81. The van der Waals surface area contributed by atoms with Gasteiger partial charge in [-0.3, -0.25) is 0 Å². The Hall–Kier alpha value is -0.420. The molecular weight excluding hydrogens is 320 g/mol. The van der Waals surface area contributed by atoms with Gasteiger partial charge < -0.3 is 5.32 Å². The number of halogens is 2. The van der Waals surface area contributed by atoms with E-state index < -0.39 is 0 Å². The van der Waals surface area contributed by atoms with Gasteiger partial charge in [-0.05, 0) is 31.2 Å². The largest absolute Gasteiger partial charge is 0.311 e. The molecule has 0 aliphatic heterocycles. The predicted molar refractivity (Wildman–Crippen MR) is 76.8 cm³/mol. The summed E-state index contributed by atoms with van der Waals surface area (Å²) in [7, 11) is 1.94. The first-order chi connectivity index (χ1) is 8.20. The van der Waals surface area contributed by atoms with Gasteiger partial charge in [-0.25, -0.2) is 4.98 Å². The number of hydrogen-bond donors (Lipinski definition) is 1. The second-order valence-corrected chi connectivity index (χ2v) is 5.74. The standard InChI is InChI=1S/C12H12BrClN2S/c1-15-11(12-6-17-7-16-12)4-8-2-3-9(13)5-10(8)14/h2-3,5-7,11,15H,4H2,1H3. The summed E-state index contributed by atoms with van der Waals surface area (Å²) in [5.74, 6) is 0. The van der Waals surface area contributed by atoms with Gasteiger partial charge in [0.15, 0.2) is 0 Å². The van der Waals surface area contributed by atoms with Gasteiger partial charge >= 0.3 is 0 Å². The molecule has 1 N–H and O–H groups in total. The minimum Gasteiger partial charge on any atom is -0.311 e. The number of likely N-dealkylation sites (N-methyl/N-ethyl adjacent to an activating group) is 1. The van der Waals surface area contributed by atoms with E-state index in [1.54, 1.807) is 11.3 Å². The second kappa shape index (κ2) is 5.96. The number of aromatic nitrogens is 1. The SMILES string of the molecule is CNC(Cc1ccc(Br)cc1Cl)c1cscn1. The molecular formula is C12H12BrClN2S. The van der Waals surface area contributed by atoms with Crippen LogP contribution in [0.25, 0.3) is 0 Å². The maximum absolute atomic E-state index is 6.22. The molecule has 90 valence electrons. The van der Waals surface area contributed by atoms with E-state index in [0.29, 0.717) is 0 Å². The highest BCUT2D eigenvalue weighted by molar-refractivity contribution is 9.10. The monoisotopic (exact) mass is 330 g/mol. The Labute approximate surface area is 118 Å². The molecule has 2 rings (SSSR count). The van der Waals surface area contributed by atoms with E-state index in [1.165, 1.54) is 0 Å². The maximum Gasteiger partial charge on any atom is 0.0795 e. The first-order valence-corrected chi connectivity index (χ1v) is 7.31. The van der Waals surface area contributed by atoms with Crippen molar-refractivity contribution in [3.05, 3.63) is 49.8 Å². The van der Waals surface area contributed by atoms with Gasteiger partial charge in [-0.15, -0.1) is 11.3 Å². The molecule has 0 fully saturated rings. The predicted octanol–water partition coefficient (Wildman–Crippen LogP) is 4.06. The molecule has 0 amide bonds. The molecule has 1 atom stereocenters. The third-order valence-electron chi connectivity index (χ3n) is 2.60. The van der Waals surface area contributed by atoms with Crippen LogP contribution in [0.3, 0.4) is 0 Å². The molecule has 0 radical (unpaired) electrons. The van der Waals surface area contributed by atoms with Gasteiger partial charge in [-0.2, -0.15) is 0 Å². The lowest BCUT2D eigenvalue weighted by molar-refractivity contribution is 0.579. The van der Waals surface area contributed by atoms with Crippen molar-refractivity contribution in [3.8, 4) is 0 Å². The van der Waals surface area contributed by atoms with Crippen LogP contribution in [0.15, 0.2) is 33.6 Å². The van der Waals surface area contributed by atoms with Gasteiger partial charge in [0.1, 0.15) is 0 Å². The van der Waals surface area contributed by atoms with E-state index in [9.17, 15) is 0 Å². The van der Waals surface area contributed by atoms with Crippen LogP contribution in [-0.4, -0.2) is 12.0 Å². The number of thiazole rings is 1. The minimum atomic E-state index is 0.208. The fraction of sp³-hybridized carbons (Fsp3) is 0.250. The molecule has 0 saturated carbocycles. The highest BCUT2D eigenvalue weighted by Gasteiger charge is 2.13. The normalized spacial score (nSPS) is 12.6. The minimum absolute atomic E-state index is 0.208. The van der Waals surface area contributed by atoms with Gasteiger partial charge in [-0.1, -0.05) is 33.6 Å². The Kier molecular flexibility index (Phi) is 4.56. The molecule has 0 aliphatic rings. The Balaban J connectivity index is 2.19. The van der Waals surface area contributed by atoms with Crippen LogP contribution in [0.1, 0.15) is 17.3 Å². The first-order valence-electron chi connectivity index (χ1n) is 5.20. The molecule has 1 aromatic carbocycles. The summed E-state index contributed by atoms with van der Waals surface area (Å²) in [6.07, 6.45) is 0.840. The molecule has 0 spiro atoms. The molecule has 2 aromatic rings. The fourth-order valence-corrected chi connectivity index (χ4v) is 3.01. The molecule has 17 heavy (non-hydrogen) atoms. The molecule has 0 aliphatic carbocycles. The fourth-order valence-electron chi connectivity index (χ4n) is 1.66. The Morgan fingerprint density at radius 2 is 2.35 bits per heavy atom. The lowest BCUT2D eigenvalue weighted by Crippen LogP contribution is -2.19. The van der Waals surface area contributed by atoms with Crippen molar-refractivity contribution in [2.45, 2.75) is 12.5 Å². The highest BCUT2D eigenvalue weighted by Crippen LogP contribution is 2.26. The van der Waals surface area contributed by atoms with Crippen LogP contribution in [0.5, 0.6) is 0 Å². The third-order valence-corrected chi connectivity index (χ3v) is 4.05. The van der Waals surface area contributed by atoms with E-state index in [-0.39, 0.29) is 6.04 Å². The van der Waals surface area contributed by atoms with Crippen molar-refractivity contribution < 1.29 is 0 Å². The lowest BCUT2D eigenvalue weighted by Gasteiger charge is -2.15. The van der Waals surface area contributed by atoms with Crippen LogP contribution >= 0.6 is 38.9 Å². The molecule has 2 nitrogen and oxygen atoms in total. The molecule has 1 aromatic heterocycles. The summed E-state index contributed by atoms with van der Waals surface area (Å²) in [5, 5.41) is 6.12. The quantitative estimate of drug-likeness (QED) is 0.914. The Morgan fingerprint density at radius 1 is 1.53 bits per heavy atom. The first kappa shape index (κ1) is 13.0. The molecule has 1 heterocycles. The smallest absolute Gasteiger partial charge is 0.0795 e.